The van der Waals surface area contributed by atoms with Crippen LogP contribution in [0.2, 0.25) is 5.02 Å². The molecule has 2 saturated carbocycles. The van der Waals surface area contributed by atoms with Crippen LogP contribution in [0.25, 0.3) is 11.4 Å². The highest BCUT2D eigenvalue weighted by molar-refractivity contribution is 6.33. The number of fused-ring (bicyclic) bond motifs is 8. The topological polar surface area (TPSA) is 157 Å². The van der Waals surface area contributed by atoms with Crippen molar-refractivity contribution in [2.45, 2.75) is 69.1 Å². The first-order chi connectivity index (χ1) is 24.9. The summed E-state index contributed by atoms with van der Waals surface area (Å²) < 4.78 is 48.3. The number of anilines is 1. The summed E-state index contributed by atoms with van der Waals surface area (Å²) in [6.45, 7) is 2.49. The highest BCUT2D eigenvalue weighted by Gasteiger charge is 2.70. The van der Waals surface area contributed by atoms with Crippen LogP contribution in [-0.4, -0.2) is 76.8 Å². The molecule has 1 aromatic carbocycles. The van der Waals surface area contributed by atoms with Gasteiger partial charge in [-0.3, -0.25) is 14.4 Å². The second kappa shape index (κ2) is 11.6. The van der Waals surface area contributed by atoms with Crippen molar-refractivity contribution in [3.63, 3.8) is 0 Å². The van der Waals surface area contributed by atoms with Crippen molar-refractivity contribution in [1.82, 2.24) is 34.0 Å². The van der Waals surface area contributed by atoms with Gasteiger partial charge in [-0.1, -0.05) is 17.7 Å². The first-order valence-corrected chi connectivity index (χ1v) is 17.6. The molecule has 0 radical (unpaired) electrons. The van der Waals surface area contributed by atoms with Crippen LogP contribution in [0.15, 0.2) is 35.4 Å². The number of piperidine rings is 1. The Morgan fingerprint density at radius 3 is 2.73 bits per heavy atom. The molecule has 4 aromatic rings. The molecule has 2 amide bonds. The van der Waals surface area contributed by atoms with E-state index in [0.717, 1.165) is 43.0 Å². The molecule has 270 valence electrons. The van der Waals surface area contributed by atoms with Crippen molar-refractivity contribution in [3.05, 3.63) is 80.0 Å². The van der Waals surface area contributed by atoms with Gasteiger partial charge >= 0.3 is 6.18 Å². The lowest BCUT2D eigenvalue weighted by Crippen LogP contribution is -2.64. The molecule has 3 aromatic heterocycles. The largest absolute Gasteiger partial charge is 0.504 e. The number of aromatic nitrogens is 6. The quantitative estimate of drug-likeness (QED) is 0.302. The summed E-state index contributed by atoms with van der Waals surface area (Å²) >= 11 is 6.18. The lowest BCUT2D eigenvalue weighted by molar-refractivity contribution is -0.137. The van der Waals surface area contributed by atoms with Gasteiger partial charge in [-0.05, 0) is 74.6 Å². The number of nitrogens with one attached hydrogen (secondary N) is 1. The lowest BCUT2D eigenvalue weighted by Gasteiger charge is -2.58. The highest BCUT2D eigenvalue weighted by Crippen LogP contribution is 2.72. The number of rotatable bonds is 5. The van der Waals surface area contributed by atoms with Gasteiger partial charge in [-0.25, -0.2) is 9.97 Å². The van der Waals surface area contributed by atoms with Gasteiger partial charge in [0.2, 0.25) is 11.7 Å². The molecular formula is C35H32ClF3N8O5. The van der Waals surface area contributed by atoms with Crippen LogP contribution in [0.5, 0.6) is 5.75 Å². The Morgan fingerprint density at radius 2 is 2.02 bits per heavy atom. The minimum absolute atomic E-state index is 0.0166. The van der Waals surface area contributed by atoms with E-state index in [1.54, 1.807) is 16.4 Å². The van der Waals surface area contributed by atoms with Crippen molar-refractivity contribution in [2.75, 3.05) is 25.1 Å². The predicted molar refractivity (Wildman–Crippen MR) is 179 cm³/mol. The first-order valence-electron chi connectivity index (χ1n) is 17.2. The molecule has 5 heterocycles. The Morgan fingerprint density at radius 1 is 1.19 bits per heavy atom. The maximum Gasteiger partial charge on any atom is 0.416 e. The number of likely N-dealkylation sites (tertiary alicyclic amines) is 1. The molecule has 2 N–H and O–H groups in total. The van der Waals surface area contributed by atoms with E-state index >= 15 is 0 Å². The van der Waals surface area contributed by atoms with Crippen LogP contribution in [0.4, 0.5) is 18.9 Å². The van der Waals surface area contributed by atoms with Crippen LogP contribution in [-0.2, 0) is 27.7 Å². The first kappa shape index (κ1) is 33.0. The third-order valence-corrected chi connectivity index (χ3v) is 12.0. The van der Waals surface area contributed by atoms with E-state index in [-0.39, 0.29) is 69.7 Å². The minimum atomic E-state index is -4.60. The summed E-state index contributed by atoms with van der Waals surface area (Å²) in [7, 11) is 0. The van der Waals surface area contributed by atoms with E-state index in [1.807, 2.05) is 6.08 Å². The second-order valence-corrected chi connectivity index (χ2v) is 14.6. The van der Waals surface area contributed by atoms with E-state index in [2.05, 4.69) is 20.4 Å². The van der Waals surface area contributed by atoms with Gasteiger partial charge in [0.15, 0.2) is 17.3 Å². The van der Waals surface area contributed by atoms with Gasteiger partial charge in [0.25, 0.3) is 11.5 Å². The molecule has 1 spiro atoms. The summed E-state index contributed by atoms with van der Waals surface area (Å²) in [5.41, 5.74) is 0.565. The number of carbonyl (C=O) groups is 2. The fraction of sp³-hybridized carbons (Fsp3) is 0.457. The van der Waals surface area contributed by atoms with Gasteiger partial charge in [0.05, 0.1) is 35.2 Å². The maximum absolute atomic E-state index is 14.7. The number of carbonyl (C=O) groups excluding carboxylic acids is 2. The van der Waals surface area contributed by atoms with Gasteiger partial charge in [0, 0.05) is 35.2 Å². The van der Waals surface area contributed by atoms with Crippen LogP contribution in [0.1, 0.15) is 76.8 Å². The number of amides is 2. The fourth-order valence-corrected chi connectivity index (χ4v) is 9.42. The Bertz CT molecular complexity index is 2310. The number of nitrogens with zero attached hydrogens (tertiary/aromatic N) is 7. The summed E-state index contributed by atoms with van der Waals surface area (Å²) in [6, 6.07) is 2.54. The number of benzene rings is 1. The molecule has 3 aliphatic carbocycles. The number of ether oxygens (including phenoxy) is 1. The lowest BCUT2D eigenvalue weighted by atomic mass is 9.54. The van der Waals surface area contributed by atoms with Crippen molar-refractivity contribution in [1.29, 1.82) is 0 Å². The molecule has 9 rings (SSSR count). The Labute approximate surface area is 298 Å². The Balaban J connectivity index is 1.12. The highest BCUT2D eigenvalue weighted by atomic mass is 35.5. The minimum Gasteiger partial charge on any atom is -0.504 e. The third-order valence-electron chi connectivity index (χ3n) is 11.7. The molecule has 0 unspecified atom stereocenters. The fourth-order valence-electron chi connectivity index (χ4n) is 9.19. The standard InChI is InChI=1S/C35H32ClF3N8O5/c1-16-29(49)27(41-15-40-16)32(51)45-9-8-34(20-3-5-24(20)45)21-13-19(21)28-26(34)31(50)47-33(43-30(44-47)17-6-10-52-11-7-17)46(28)14-25(48)42-23-4-2-18(12-22(23)36)35(37,38)39/h2,4,6,12,15,19-21,24,49H,3,5,7-11,13-14H2,1H3,(H,42,48)/t19-,20-,21+,24+,34-/m0/s1. The van der Waals surface area contributed by atoms with Crippen LogP contribution in [0.3, 0.4) is 0 Å². The normalized spacial score (nSPS) is 26.0. The smallest absolute Gasteiger partial charge is 0.416 e. The summed E-state index contributed by atoms with van der Waals surface area (Å²) in [6.07, 6.45) is 1.86. The number of halogens is 4. The van der Waals surface area contributed by atoms with Crippen LogP contribution >= 0.6 is 11.6 Å². The van der Waals surface area contributed by atoms with Crippen molar-refractivity contribution < 1.29 is 32.6 Å². The van der Waals surface area contributed by atoms with E-state index < -0.39 is 23.1 Å². The molecule has 17 heteroatoms. The van der Waals surface area contributed by atoms with Crippen molar-refractivity contribution in [3.8, 4) is 5.75 Å². The van der Waals surface area contributed by atoms with Gasteiger partial charge in [-0.2, -0.15) is 22.7 Å². The Kier molecular flexibility index (Phi) is 7.36. The average molecular weight is 737 g/mol. The third kappa shape index (κ3) is 4.82. The second-order valence-electron chi connectivity index (χ2n) is 14.2. The van der Waals surface area contributed by atoms with E-state index in [0.29, 0.717) is 55.4 Å². The van der Waals surface area contributed by atoms with E-state index in [4.69, 9.17) is 21.3 Å². The van der Waals surface area contributed by atoms with Crippen LogP contribution < -0.4 is 10.9 Å². The SMILES string of the molecule is Cc1ncnc(C(=O)N2CC[C@]3(c4c(n(CC(=O)Nc5ccc(C(F)(F)F)cc5Cl)c5nc(C6=CCOCC6)nn5c4=O)[C@H]4C[C@H]43)[C@H]3CC[C@H]32)c1O. The van der Waals surface area contributed by atoms with E-state index in [1.165, 1.54) is 10.8 Å². The van der Waals surface area contributed by atoms with Gasteiger partial charge in [0.1, 0.15) is 12.9 Å². The molecule has 3 fully saturated rings. The average Bonchev–Trinajstić information content (AvgIpc) is 3.68. The molecule has 1 saturated heterocycles. The number of hydrogen-bond acceptors (Lipinski definition) is 9. The summed E-state index contributed by atoms with van der Waals surface area (Å²) in [5, 5.41) is 17.7. The molecule has 5 aliphatic rings. The van der Waals surface area contributed by atoms with Gasteiger partial charge < -0.3 is 24.6 Å². The zero-order valence-electron chi connectivity index (χ0n) is 27.8. The molecule has 5 atom stereocenters. The molecule has 0 bridgehead atoms. The summed E-state index contributed by atoms with van der Waals surface area (Å²) in [5.74, 6) is -0.624. The van der Waals surface area contributed by atoms with E-state index in [9.17, 15) is 32.7 Å². The maximum atomic E-state index is 14.7. The molecular weight excluding hydrogens is 705 g/mol. The number of aryl methyl sites for hydroxylation is 1. The van der Waals surface area contributed by atoms with Crippen molar-refractivity contribution >= 4 is 40.5 Å². The zero-order valence-corrected chi connectivity index (χ0v) is 28.5. The molecule has 13 nitrogen and oxygen atoms in total. The number of hydrogen-bond donors (Lipinski definition) is 2. The van der Waals surface area contributed by atoms with Crippen LogP contribution in [0, 0.1) is 18.8 Å². The molecule has 2 aliphatic heterocycles. The molecule has 52 heavy (non-hydrogen) atoms. The predicted octanol–water partition coefficient (Wildman–Crippen LogP) is 4.49. The Hall–Kier alpha value is -4.83. The van der Waals surface area contributed by atoms with Crippen molar-refractivity contribution in [2.24, 2.45) is 11.8 Å². The number of alkyl halides is 3. The summed E-state index contributed by atoms with van der Waals surface area (Å²) in [4.78, 5) is 56.8. The zero-order chi connectivity index (χ0) is 36.3. The monoisotopic (exact) mass is 736 g/mol. The van der Waals surface area contributed by atoms with Gasteiger partial charge in [-0.15, -0.1) is 5.10 Å². The number of aromatic hydroxyl groups is 1.